The highest BCUT2D eigenvalue weighted by molar-refractivity contribution is 14.1. The molecule has 0 spiro atoms. The van der Waals surface area contributed by atoms with Gasteiger partial charge in [0.25, 0.3) is 0 Å². The van der Waals surface area contributed by atoms with Gasteiger partial charge in [-0.1, -0.05) is 67.6 Å². The lowest BCUT2D eigenvalue weighted by atomic mass is 9.86. The van der Waals surface area contributed by atoms with Crippen molar-refractivity contribution in [1.82, 2.24) is 0 Å². The van der Waals surface area contributed by atoms with Gasteiger partial charge in [-0.15, -0.1) is 0 Å². The van der Waals surface area contributed by atoms with E-state index in [0.717, 1.165) is 20.3 Å². The smallest absolute Gasteiger partial charge is 0.0882 e. The molecule has 0 saturated carbocycles. The van der Waals surface area contributed by atoms with Crippen LogP contribution in [0.2, 0.25) is 0 Å². The molecule has 0 aliphatic carbocycles. The van der Waals surface area contributed by atoms with E-state index >= 15 is 0 Å². The molecule has 2 aromatic carbocycles. The van der Waals surface area contributed by atoms with Crippen molar-refractivity contribution in [1.29, 1.82) is 0 Å². The Bertz CT molecular complexity index is 585. The average molecular weight is 378 g/mol. The SMILES string of the molecule is CCC(C)(O)/C(=C(\I)c1ccccc1)c1ccccc1. The maximum atomic E-state index is 10.8. The Morgan fingerprint density at radius 1 is 0.950 bits per heavy atom. The average Bonchev–Trinajstić information content (AvgIpc) is 2.49. The molecular formula is C18H19IO. The molecule has 0 fully saturated rings. The van der Waals surface area contributed by atoms with E-state index in [1.807, 2.05) is 50.2 Å². The molecule has 1 N–H and O–H groups in total. The quantitative estimate of drug-likeness (QED) is 0.576. The van der Waals surface area contributed by atoms with E-state index in [-0.39, 0.29) is 0 Å². The van der Waals surface area contributed by atoms with Crippen LogP contribution in [0.4, 0.5) is 0 Å². The van der Waals surface area contributed by atoms with Gasteiger partial charge in [-0.2, -0.15) is 0 Å². The first-order valence-corrected chi connectivity index (χ1v) is 7.87. The Kier molecular flexibility index (Phi) is 5.00. The molecule has 0 aliphatic heterocycles. The normalized spacial score (nSPS) is 15.4. The van der Waals surface area contributed by atoms with Crippen molar-refractivity contribution >= 4 is 31.7 Å². The summed E-state index contributed by atoms with van der Waals surface area (Å²) in [6, 6.07) is 20.3. The van der Waals surface area contributed by atoms with Crippen molar-refractivity contribution in [2.75, 3.05) is 0 Å². The lowest BCUT2D eigenvalue weighted by Crippen LogP contribution is -2.25. The van der Waals surface area contributed by atoms with Gasteiger partial charge in [-0.3, -0.25) is 0 Å². The number of hydrogen-bond acceptors (Lipinski definition) is 1. The second kappa shape index (κ2) is 6.55. The molecule has 0 aliphatic rings. The third kappa shape index (κ3) is 3.30. The molecule has 0 bridgehead atoms. The van der Waals surface area contributed by atoms with Crippen molar-refractivity contribution in [3.63, 3.8) is 0 Å². The minimum atomic E-state index is -0.840. The standard InChI is InChI=1S/C18H19IO/c1-3-18(2,20)16(14-10-6-4-7-11-14)17(19)15-12-8-5-9-13-15/h4-13,20H,3H2,1-2H3/b17-16-. The Labute approximate surface area is 134 Å². The first kappa shape index (κ1) is 15.3. The van der Waals surface area contributed by atoms with Crippen LogP contribution >= 0.6 is 22.6 Å². The molecule has 104 valence electrons. The predicted molar refractivity (Wildman–Crippen MR) is 94.6 cm³/mol. The highest BCUT2D eigenvalue weighted by Crippen LogP contribution is 2.39. The van der Waals surface area contributed by atoms with E-state index in [0.29, 0.717) is 6.42 Å². The van der Waals surface area contributed by atoms with E-state index in [1.165, 1.54) is 0 Å². The molecule has 1 atom stereocenters. The van der Waals surface area contributed by atoms with Crippen LogP contribution in [0.3, 0.4) is 0 Å². The first-order chi connectivity index (χ1) is 9.56. The number of benzene rings is 2. The van der Waals surface area contributed by atoms with Crippen LogP contribution in [0.15, 0.2) is 60.7 Å². The summed E-state index contributed by atoms with van der Waals surface area (Å²) >= 11 is 2.34. The molecule has 2 heteroatoms. The predicted octanol–water partition coefficient (Wildman–Crippen LogP) is 5.15. The van der Waals surface area contributed by atoms with Crippen LogP contribution in [0.25, 0.3) is 9.15 Å². The van der Waals surface area contributed by atoms with Crippen molar-refractivity contribution < 1.29 is 5.11 Å². The molecule has 0 heterocycles. The highest BCUT2D eigenvalue weighted by Gasteiger charge is 2.27. The van der Waals surface area contributed by atoms with Crippen LogP contribution in [0.5, 0.6) is 0 Å². The summed E-state index contributed by atoms with van der Waals surface area (Å²) in [7, 11) is 0. The van der Waals surface area contributed by atoms with Gasteiger partial charge in [0, 0.05) is 9.15 Å². The molecule has 1 nitrogen and oxygen atoms in total. The fourth-order valence-electron chi connectivity index (χ4n) is 2.18. The van der Waals surface area contributed by atoms with Gasteiger partial charge in [0.1, 0.15) is 0 Å². The molecular weight excluding hydrogens is 359 g/mol. The largest absolute Gasteiger partial charge is 0.385 e. The summed E-state index contributed by atoms with van der Waals surface area (Å²) in [5, 5.41) is 10.8. The fourth-order valence-corrected chi connectivity index (χ4v) is 3.44. The van der Waals surface area contributed by atoms with Gasteiger partial charge in [0.15, 0.2) is 0 Å². The van der Waals surface area contributed by atoms with Gasteiger partial charge >= 0.3 is 0 Å². The number of aliphatic hydroxyl groups is 1. The Balaban J connectivity index is 2.64. The first-order valence-electron chi connectivity index (χ1n) is 6.79. The molecule has 1 unspecified atom stereocenters. The van der Waals surface area contributed by atoms with E-state index in [4.69, 9.17) is 0 Å². The second-order valence-corrected chi connectivity index (χ2v) is 6.13. The second-order valence-electron chi connectivity index (χ2n) is 5.05. The summed E-state index contributed by atoms with van der Waals surface area (Å²) in [6.07, 6.45) is 0.677. The van der Waals surface area contributed by atoms with Gasteiger partial charge in [-0.25, -0.2) is 0 Å². The minimum absolute atomic E-state index is 0.677. The summed E-state index contributed by atoms with van der Waals surface area (Å²) in [5.74, 6) is 0. The molecule has 2 aromatic rings. The molecule has 0 aromatic heterocycles. The van der Waals surface area contributed by atoms with Crippen LogP contribution in [0.1, 0.15) is 31.4 Å². The van der Waals surface area contributed by atoms with Crippen LogP contribution in [-0.4, -0.2) is 10.7 Å². The lowest BCUT2D eigenvalue weighted by Gasteiger charge is -2.27. The monoisotopic (exact) mass is 378 g/mol. The van der Waals surface area contributed by atoms with Gasteiger partial charge in [0.05, 0.1) is 5.60 Å². The fraction of sp³-hybridized carbons (Fsp3) is 0.222. The number of halogens is 1. The van der Waals surface area contributed by atoms with Crippen LogP contribution < -0.4 is 0 Å². The Morgan fingerprint density at radius 3 is 1.85 bits per heavy atom. The summed E-state index contributed by atoms with van der Waals surface area (Å²) in [5.41, 5.74) is 2.37. The zero-order valence-electron chi connectivity index (χ0n) is 11.8. The third-order valence-electron chi connectivity index (χ3n) is 3.54. The van der Waals surface area contributed by atoms with Gasteiger partial charge < -0.3 is 5.11 Å². The summed E-state index contributed by atoms with van der Waals surface area (Å²) in [4.78, 5) is 0. The molecule has 2 rings (SSSR count). The van der Waals surface area contributed by atoms with E-state index in [2.05, 4.69) is 46.9 Å². The lowest BCUT2D eigenvalue weighted by molar-refractivity contribution is 0.119. The zero-order valence-corrected chi connectivity index (χ0v) is 14.0. The van der Waals surface area contributed by atoms with E-state index in [9.17, 15) is 5.11 Å². The zero-order chi connectivity index (χ0) is 14.6. The van der Waals surface area contributed by atoms with E-state index < -0.39 is 5.60 Å². The highest BCUT2D eigenvalue weighted by atomic mass is 127. The molecule has 20 heavy (non-hydrogen) atoms. The van der Waals surface area contributed by atoms with Crippen molar-refractivity contribution in [3.05, 3.63) is 71.8 Å². The van der Waals surface area contributed by atoms with Crippen molar-refractivity contribution in [2.45, 2.75) is 25.9 Å². The maximum Gasteiger partial charge on any atom is 0.0882 e. The van der Waals surface area contributed by atoms with E-state index in [1.54, 1.807) is 0 Å². The molecule has 0 radical (unpaired) electrons. The van der Waals surface area contributed by atoms with Crippen LogP contribution in [0, 0.1) is 0 Å². The van der Waals surface area contributed by atoms with Crippen molar-refractivity contribution in [3.8, 4) is 0 Å². The summed E-state index contributed by atoms with van der Waals surface area (Å²) < 4.78 is 1.10. The number of hydrogen-bond donors (Lipinski definition) is 1. The number of rotatable bonds is 4. The topological polar surface area (TPSA) is 20.2 Å². The van der Waals surface area contributed by atoms with Crippen molar-refractivity contribution in [2.24, 2.45) is 0 Å². The minimum Gasteiger partial charge on any atom is -0.385 e. The third-order valence-corrected chi connectivity index (χ3v) is 4.70. The maximum absolute atomic E-state index is 10.8. The molecule has 0 saturated heterocycles. The van der Waals surface area contributed by atoms with Gasteiger partial charge in [-0.05, 0) is 47.1 Å². The summed E-state index contributed by atoms with van der Waals surface area (Å²) in [6.45, 7) is 3.90. The van der Waals surface area contributed by atoms with Crippen LogP contribution in [-0.2, 0) is 0 Å². The Hall–Kier alpha value is -1.13. The molecule has 0 amide bonds. The Morgan fingerprint density at radius 2 is 1.40 bits per heavy atom. The van der Waals surface area contributed by atoms with Gasteiger partial charge in [0.2, 0.25) is 0 Å².